The Hall–Kier alpha value is -1.15. The molecule has 1 aromatic rings. The first-order valence-electron chi connectivity index (χ1n) is 4.77. The van der Waals surface area contributed by atoms with E-state index in [0.29, 0.717) is 5.56 Å². The van der Waals surface area contributed by atoms with Gasteiger partial charge in [-0.25, -0.2) is 4.39 Å². The van der Waals surface area contributed by atoms with Gasteiger partial charge in [0, 0.05) is 11.6 Å². The number of hydrogen-bond acceptors (Lipinski definition) is 1. The van der Waals surface area contributed by atoms with E-state index in [2.05, 4.69) is 6.58 Å². The second-order valence-electron chi connectivity index (χ2n) is 3.50. The molecule has 1 aromatic carbocycles. The van der Waals surface area contributed by atoms with Crippen LogP contribution >= 0.6 is 0 Å². The van der Waals surface area contributed by atoms with E-state index in [1.54, 1.807) is 12.1 Å². The van der Waals surface area contributed by atoms with Crippen molar-refractivity contribution in [1.82, 2.24) is 0 Å². The summed E-state index contributed by atoms with van der Waals surface area (Å²) in [7, 11) is 0. The minimum Gasteiger partial charge on any atom is -0.324 e. The number of rotatable bonds is 4. The molecule has 0 spiro atoms. The van der Waals surface area contributed by atoms with E-state index in [4.69, 9.17) is 5.73 Å². The van der Waals surface area contributed by atoms with E-state index in [9.17, 15) is 4.39 Å². The zero-order valence-corrected chi connectivity index (χ0v) is 8.46. The summed E-state index contributed by atoms with van der Waals surface area (Å²) < 4.78 is 13.3. The van der Waals surface area contributed by atoms with Crippen LogP contribution in [0.25, 0.3) is 0 Å². The highest BCUT2D eigenvalue weighted by Gasteiger charge is 2.10. The Labute approximate surface area is 84.4 Å². The van der Waals surface area contributed by atoms with Crippen molar-refractivity contribution in [2.45, 2.75) is 25.8 Å². The summed E-state index contributed by atoms with van der Waals surface area (Å²) in [5, 5.41) is 0. The minimum absolute atomic E-state index is 0.216. The van der Waals surface area contributed by atoms with Gasteiger partial charge in [0.25, 0.3) is 0 Å². The molecule has 0 saturated carbocycles. The SMILES string of the molecule is C=CCC[C@@H](N)c1cc(C)ccc1F. The van der Waals surface area contributed by atoms with Crippen molar-refractivity contribution in [3.05, 3.63) is 47.8 Å². The third kappa shape index (κ3) is 2.67. The van der Waals surface area contributed by atoms with Crippen LogP contribution < -0.4 is 5.73 Å². The molecular formula is C12H16FN. The molecule has 0 amide bonds. The monoisotopic (exact) mass is 193 g/mol. The summed E-state index contributed by atoms with van der Waals surface area (Å²) in [6.07, 6.45) is 3.35. The summed E-state index contributed by atoms with van der Waals surface area (Å²) in [5.74, 6) is -0.216. The first-order chi connectivity index (χ1) is 6.65. The van der Waals surface area contributed by atoms with Gasteiger partial charge in [-0.05, 0) is 25.8 Å². The Morgan fingerprint density at radius 1 is 1.57 bits per heavy atom. The summed E-state index contributed by atoms with van der Waals surface area (Å²) in [6.45, 7) is 5.55. The highest BCUT2D eigenvalue weighted by atomic mass is 19.1. The number of aryl methyl sites for hydroxylation is 1. The first-order valence-corrected chi connectivity index (χ1v) is 4.77. The van der Waals surface area contributed by atoms with Gasteiger partial charge in [-0.3, -0.25) is 0 Å². The van der Waals surface area contributed by atoms with Gasteiger partial charge < -0.3 is 5.73 Å². The van der Waals surface area contributed by atoms with Crippen LogP contribution in [-0.4, -0.2) is 0 Å². The van der Waals surface area contributed by atoms with Gasteiger partial charge in [0.2, 0.25) is 0 Å². The van der Waals surface area contributed by atoms with Crippen LogP contribution in [0.2, 0.25) is 0 Å². The second-order valence-corrected chi connectivity index (χ2v) is 3.50. The number of benzene rings is 1. The fourth-order valence-electron chi connectivity index (χ4n) is 1.40. The normalized spacial score (nSPS) is 12.5. The Balaban J connectivity index is 2.82. The average molecular weight is 193 g/mol. The van der Waals surface area contributed by atoms with Gasteiger partial charge in [-0.15, -0.1) is 6.58 Å². The number of allylic oxidation sites excluding steroid dienone is 1. The number of halogens is 1. The molecule has 0 aliphatic carbocycles. The maximum atomic E-state index is 13.3. The molecular weight excluding hydrogens is 177 g/mol. The largest absolute Gasteiger partial charge is 0.324 e. The first kappa shape index (κ1) is 10.9. The zero-order chi connectivity index (χ0) is 10.6. The van der Waals surface area contributed by atoms with Crippen molar-refractivity contribution in [3.63, 3.8) is 0 Å². The standard InChI is InChI=1S/C12H16FN/c1-3-4-5-12(14)10-8-9(2)6-7-11(10)13/h3,6-8,12H,1,4-5,14H2,2H3/t12-/m1/s1. The summed E-state index contributed by atoms with van der Waals surface area (Å²) >= 11 is 0. The van der Waals surface area contributed by atoms with E-state index >= 15 is 0 Å². The van der Waals surface area contributed by atoms with Crippen molar-refractivity contribution in [2.75, 3.05) is 0 Å². The van der Waals surface area contributed by atoms with Crippen molar-refractivity contribution in [1.29, 1.82) is 0 Å². The number of nitrogens with two attached hydrogens (primary N) is 1. The third-order valence-electron chi connectivity index (χ3n) is 2.23. The van der Waals surface area contributed by atoms with Crippen LogP contribution in [0.5, 0.6) is 0 Å². The van der Waals surface area contributed by atoms with Crippen LogP contribution in [0, 0.1) is 12.7 Å². The predicted molar refractivity (Wildman–Crippen MR) is 57.5 cm³/mol. The second kappa shape index (κ2) is 4.91. The molecule has 2 N–H and O–H groups in total. The van der Waals surface area contributed by atoms with Crippen LogP contribution in [0.3, 0.4) is 0 Å². The topological polar surface area (TPSA) is 26.0 Å². The molecule has 0 aromatic heterocycles. The molecule has 0 aliphatic rings. The van der Waals surface area contributed by atoms with E-state index in [-0.39, 0.29) is 11.9 Å². The molecule has 2 heteroatoms. The minimum atomic E-state index is -0.229. The molecule has 0 unspecified atom stereocenters. The van der Waals surface area contributed by atoms with E-state index in [1.165, 1.54) is 6.07 Å². The van der Waals surface area contributed by atoms with E-state index in [0.717, 1.165) is 18.4 Å². The Morgan fingerprint density at radius 3 is 2.93 bits per heavy atom. The maximum Gasteiger partial charge on any atom is 0.127 e. The molecule has 0 heterocycles. The van der Waals surface area contributed by atoms with Crippen LogP contribution in [-0.2, 0) is 0 Å². The van der Waals surface area contributed by atoms with Crippen molar-refractivity contribution in [2.24, 2.45) is 5.73 Å². The summed E-state index contributed by atoms with van der Waals surface area (Å²) in [6, 6.07) is 4.80. The van der Waals surface area contributed by atoms with E-state index < -0.39 is 0 Å². The quantitative estimate of drug-likeness (QED) is 0.730. The third-order valence-corrected chi connectivity index (χ3v) is 2.23. The molecule has 14 heavy (non-hydrogen) atoms. The van der Waals surface area contributed by atoms with Crippen molar-refractivity contribution >= 4 is 0 Å². The highest BCUT2D eigenvalue weighted by Crippen LogP contribution is 2.20. The molecule has 1 atom stereocenters. The Bertz CT molecular complexity index is 320. The van der Waals surface area contributed by atoms with Crippen LogP contribution in [0.1, 0.15) is 30.0 Å². The van der Waals surface area contributed by atoms with Gasteiger partial charge >= 0.3 is 0 Å². The lowest BCUT2D eigenvalue weighted by molar-refractivity contribution is 0.566. The Kier molecular flexibility index (Phi) is 3.84. The lowest BCUT2D eigenvalue weighted by Crippen LogP contribution is -2.11. The Morgan fingerprint density at radius 2 is 2.29 bits per heavy atom. The fraction of sp³-hybridized carbons (Fsp3) is 0.333. The molecule has 0 fully saturated rings. The van der Waals surface area contributed by atoms with Gasteiger partial charge in [-0.2, -0.15) is 0 Å². The molecule has 0 radical (unpaired) electrons. The molecule has 0 saturated heterocycles. The summed E-state index contributed by atoms with van der Waals surface area (Å²) in [5.41, 5.74) is 7.50. The maximum absolute atomic E-state index is 13.3. The zero-order valence-electron chi connectivity index (χ0n) is 8.46. The molecule has 1 nitrogen and oxygen atoms in total. The predicted octanol–water partition coefficient (Wildman–Crippen LogP) is 3.10. The molecule has 0 bridgehead atoms. The fourth-order valence-corrected chi connectivity index (χ4v) is 1.40. The van der Waals surface area contributed by atoms with Crippen LogP contribution in [0.4, 0.5) is 4.39 Å². The van der Waals surface area contributed by atoms with Crippen molar-refractivity contribution in [3.8, 4) is 0 Å². The molecule has 0 aliphatic heterocycles. The lowest BCUT2D eigenvalue weighted by Gasteiger charge is -2.12. The smallest absolute Gasteiger partial charge is 0.127 e. The molecule has 76 valence electrons. The van der Waals surface area contributed by atoms with Gasteiger partial charge in [0.1, 0.15) is 5.82 Å². The van der Waals surface area contributed by atoms with Crippen LogP contribution in [0.15, 0.2) is 30.9 Å². The lowest BCUT2D eigenvalue weighted by atomic mass is 10.0. The van der Waals surface area contributed by atoms with E-state index in [1.807, 2.05) is 13.0 Å². The summed E-state index contributed by atoms with van der Waals surface area (Å²) in [4.78, 5) is 0. The average Bonchev–Trinajstić information content (AvgIpc) is 2.18. The number of hydrogen-bond donors (Lipinski definition) is 1. The van der Waals surface area contributed by atoms with Crippen molar-refractivity contribution < 1.29 is 4.39 Å². The highest BCUT2D eigenvalue weighted by molar-refractivity contribution is 5.26. The van der Waals surface area contributed by atoms with Gasteiger partial charge in [-0.1, -0.05) is 23.8 Å². The molecule has 1 rings (SSSR count). The van der Waals surface area contributed by atoms with Gasteiger partial charge in [0.15, 0.2) is 0 Å². The van der Waals surface area contributed by atoms with Gasteiger partial charge in [0.05, 0.1) is 0 Å².